The summed E-state index contributed by atoms with van der Waals surface area (Å²) in [5.74, 6) is 3.83. The van der Waals surface area contributed by atoms with E-state index in [1.165, 1.54) is 12.8 Å². The predicted octanol–water partition coefficient (Wildman–Crippen LogP) is 4.33. The largest absolute Gasteiger partial charge is 0.473 e. The second-order valence-electron chi connectivity index (χ2n) is 10.9. The monoisotopic (exact) mass is 397 g/mol. The second kappa shape index (κ2) is 6.68. The van der Waals surface area contributed by atoms with Gasteiger partial charge in [0.15, 0.2) is 0 Å². The molecule has 3 saturated carbocycles. The highest BCUT2D eigenvalue weighted by molar-refractivity contribution is 5.77. The van der Waals surface area contributed by atoms with Crippen LogP contribution in [0, 0.1) is 34.5 Å². The van der Waals surface area contributed by atoms with E-state index in [0.717, 1.165) is 43.9 Å². The van der Waals surface area contributed by atoms with Crippen LogP contribution < -0.4 is 4.74 Å². The van der Waals surface area contributed by atoms with Crippen molar-refractivity contribution in [2.24, 2.45) is 34.5 Å². The Bertz CT molecular complexity index is 786. The van der Waals surface area contributed by atoms with Gasteiger partial charge in [-0.25, -0.2) is 4.98 Å². The van der Waals surface area contributed by atoms with Crippen molar-refractivity contribution in [2.75, 3.05) is 7.05 Å². The standard InChI is InChI=1S/C24H35N3O2/c1-15-11-19-24(3,8-6-21(28)27(19)4)17-5-7-23(2)13-16(12-18(23)22(15)17)29-20-14-25-9-10-26-20/h9-10,14-19,22H,5-8,11-13H2,1-4H3/t15?,16?,17-,18+,19?,22-,23-,24-/m1/s1. The molecule has 0 radical (unpaired) electrons. The van der Waals surface area contributed by atoms with Crippen molar-refractivity contribution in [2.45, 2.75) is 77.9 Å². The van der Waals surface area contributed by atoms with E-state index in [1.54, 1.807) is 18.6 Å². The average molecular weight is 398 g/mol. The summed E-state index contributed by atoms with van der Waals surface area (Å²) in [4.78, 5) is 23.0. The van der Waals surface area contributed by atoms with E-state index in [2.05, 4.69) is 35.6 Å². The molecule has 1 aliphatic heterocycles. The summed E-state index contributed by atoms with van der Waals surface area (Å²) in [7, 11) is 2.05. The molecule has 158 valence electrons. The zero-order valence-corrected chi connectivity index (χ0v) is 18.3. The highest BCUT2D eigenvalue weighted by atomic mass is 16.5. The quantitative estimate of drug-likeness (QED) is 0.745. The number of carbonyl (C=O) groups is 1. The summed E-state index contributed by atoms with van der Waals surface area (Å²) in [5.41, 5.74) is 0.632. The first-order valence-electron chi connectivity index (χ1n) is 11.5. The van der Waals surface area contributed by atoms with Gasteiger partial charge < -0.3 is 9.64 Å². The molecule has 5 rings (SSSR count). The van der Waals surface area contributed by atoms with E-state index < -0.39 is 0 Å². The Morgan fingerprint density at radius 3 is 2.76 bits per heavy atom. The van der Waals surface area contributed by atoms with Crippen molar-refractivity contribution >= 4 is 5.91 Å². The Kier molecular flexibility index (Phi) is 4.45. The van der Waals surface area contributed by atoms with Gasteiger partial charge in [-0.1, -0.05) is 20.8 Å². The minimum absolute atomic E-state index is 0.244. The molecule has 1 amide bonds. The molecule has 4 fully saturated rings. The number of piperidine rings is 1. The molecule has 0 spiro atoms. The Labute approximate surface area is 174 Å². The minimum Gasteiger partial charge on any atom is -0.473 e. The van der Waals surface area contributed by atoms with Gasteiger partial charge in [0.1, 0.15) is 6.10 Å². The number of hydrogen-bond donors (Lipinski definition) is 0. The van der Waals surface area contributed by atoms with Crippen molar-refractivity contribution in [3.05, 3.63) is 18.6 Å². The number of ether oxygens (including phenoxy) is 1. The third-order valence-corrected chi connectivity index (χ3v) is 9.49. The Hall–Kier alpha value is -1.65. The zero-order chi connectivity index (χ0) is 20.4. The minimum atomic E-state index is 0.244. The number of amides is 1. The van der Waals surface area contributed by atoms with E-state index in [1.807, 2.05) is 7.05 Å². The average Bonchev–Trinajstić information content (AvgIpc) is 3.03. The van der Waals surface area contributed by atoms with Gasteiger partial charge in [0.05, 0.1) is 6.20 Å². The van der Waals surface area contributed by atoms with Crippen molar-refractivity contribution < 1.29 is 9.53 Å². The van der Waals surface area contributed by atoms with Crippen LogP contribution in [0.25, 0.3) is 0 Å². The smallest absolute Gasteiger partial charge is 0.232 e. The first kappa shape index (κ1) is 19.3. The molecule has 3 unspecified atom stereocenters. The molecule has 1 saturated heterocycles. The molecule has 2 heterocycles. The van der Waals surface area contributed by atoms with Gasteiger partial charge in [-0.2, -0.15) is 0 Å². The van der Waals surface area contributed by atoms with E-state index >= 15 is 0 Å². The van der Waals surface area contributed by atoms with Crippen LogP contribution in [0.4, 0.5) is 0 Å². The summed E-state index contributed by atoms with van der Waals surface area (Å²) < 4.78 is 6.28. The van der Waals surface area contributed by atoms with Gasteiger partial charge in [-0.05, 0) is 73.0 Å². The van der Waals surface area contributed by atoms with E-state index in [0.29, 0.717) is 35.1 Å². The van der Waals surface area contributed by atoms with Crippen LogP contribution in [-0.2, 0) is 4.79 Å². The fourth-order valence-corrected chi connectivity index (χ4v) is 8.06. The molecule has 8 atom stereocenters. The molecule has 5 nitrogen and oxygen atoms in total. The van der Waals surface area contributed by atoms with Crippen LogP contribution >= 0.6 is 0 Å². The van der Waals surface area contributed by atoms with E-state index in [9.17, 15) is 4.79 Å². The normalized spacial score (nSPS) is 46.6. The van der Waals surface area contributed by atoms with Gasteiger partial charge in [0.2, 0.25) is 11.8 Å². The number of aromatic nitrogens is 2. The molecule has 4 aliphatic rings. The topological polar surface area (TPSA) is 55.3 Å². The summed E-state index contributed by atoms with van der Waals surface area (Å²) in [6, 6.07) is 0.414. The van der Waals surface area contributed by atoms with Crippen LogP contribution in [0.3, 0.4) is 0 Å². The molecule has 1 aromatic rings. The van der Waals surface area contributed by atoms with Gasteiger partial charge in [-0.3, -0.25) is 9.78 Å². The molecule has 0 bridgehead atoms. The summed E-state index contributed by atoms with van der Waals surface area (Å²) in [5, 5.41) is 0. The lowest BCUT2D eigenvalue weighted by Crippen LogP contribution is -2.62. The van der Waals surface area contributed by atoms with Crippen LogP contribution in [0.5, 0.6) is 5.88 Å². The molecule has 1 aromatic heterocycles. The fraction of sp³-hybridized carbons (Fsp3) is 0.792. The summed E-state index contributed by atoms with van der Waals surface area (Å²) in [6.45, 7) is 7.45. The first-order chi connectivity index (χ1) is 13.8. The van der Waals surface area contributed by atoms with Crippen molar-refractivity contribution in [1.29, 1.82) is 0 Å². The maximum atomic E-state index is 12.4. The number of likely N-dealkylation sites (tertiary alicyclic amines) is 1. The number of fused-ring (bicyclic) bond motifs is 5. The lowest BCUT2D eigenvalue weighted by Gasteiger charge is -2.63. The van der Waals surface area contributed by atoms with Crippen molar-refractivity contribution in [1.82, 2.24) is 14.9 Å². The maximum Gasteiger partial charge on any atom is 0.232 e. The number of carbonyl (C=O) groups excluding carboxylic acids is 1. The number of hydrogen-bond acceptors (Lipinski definition) is 4. The van der Waals surface area contributed by atoms with Crippen LogP contribution in [0.15, 0.2) is 18.6 Å². The third-order valence-electron chi connectivity index (χ3n) is 9.49. The van der Waals surface area contributed by atoms with Gasteiger partial charge >= 0.3 is 0 Å². The number of rotatable bonds is 2. The van der Waals surface area contributed by atoms with Gasteiger partial charge in [0, 0.05) is 31.9 Å². The van der Waals surface area contributed by atoms with Crippen LogP contribution in [-0.4, -0.2) is 40.0 Å². The molecule has 3 aliphatic carbocycles. The molecule has 0 N–H and O–H groups in total. The highest BCUT2D eigenvalue weighted by Crippen LogP contribution is 2.66. The predicted molar refractivity (Wildman–Crippen MR) is 111 cm³/mol. The molecular weight excluding hydrogens is 362 g/mol. The molecule has 5 heteroatoms. The molecule has 0 aromatic carbocycles. The number of nitrogens with zero attached hydrogens (tertiary/aromatic N) is 3. The maximum absolute atomic E-state index is 12.4. The summed E-state index contributed by atoms with van der Waals surface area (Å²) in [6.07, 6.45) is 13.2. The Morgan fingerprint density at radius 2 is 2.00 bits per heavy atom. The van der Waals surface area contributed by atoms with E-state index in [4.69, 9.17) is 4.74 Å². The van der Waals surface area contributed by atoms with Crippen molar-refractivity contribution in [3.8, 4) is 5.88 Å². The molecule has 29 heavy (non-hydrogen) atoms. The highest BCUT2D eigenvalue weighted by Gasteiger charge is 2.62. The van der Waals surface area contributed by atoms with Gasteiger partial charge in [0.25, 0.3) is 0 Å². The fourth-order valence-electron chi connectivity index (χ4n) is 8.06. The SMILES string of the molecule is CC1CC2N(C)C(=O)CC[C@]2(C)[C@@H]2CC[C@]3(C)CC(Oc4cnccn4)C[C@H]3[C@H]12. The zero-order valence-electron chi connectivity index (χ0n) is 18.3. The van der Waals surface area contributed by atoms with Crippen LogP contribution in [0.2, 0.25) is 0 Å². The second-order valence-corrected chi connectivity index (χ2v) is 10.9. The Balaban J connectivity index is 1.41. The first-order valence-corrected chi connectivity index (χ1v) is 11.5. The van der Waals surface area contributed by atoms with E-state index in [-0.39, 0.29) is 11.5 Å². The lowest BCUT2D eigenvalue weighted by atomic mass is 9.45. The van der Waals surface area contributed by atoms with Crippen molar-refractivity contribution in [3.63, 3.8) is 0 Å². The summed E-state index contributed by atoms with van der Waals surface area (Å²) >= 11 is 0. The Morgan fingerprint density at radius 1 is 1.17 bits per heavy atom. The molecular formula is C24H35N3O2. The van der Waals surface area contributed by atoms with Gasteiger partial charge in [-0.15, -0.1) is 0 Å². The van der Waals surface area contributed by atoms with Crippen LogP contribution in [0.1, 0.15) is 65.7 Å². The third kappa shape index (κ3) is 2.90. The lowest BCUT2D eigenvalue weighted by molar-refractivity contribution is -0.164.